The van der Waals surface area contributed by atoms with E-state index < -0.39 is 0 Å². The van der Waals surface area contributed by atoms with E-state index in [9.17, 15) is 4.79 Å². The van der Waals surface area contributed by atoms with Gasteiger partial charge in [-0.2, -0.15) is 0 Å². The summed E-state index contributed by atoms with van der Waals surface area (Å²) in [6.45, 7) is 7.81. The summed E-state index contributed by atoms with van der Waals surface area (Å²) in [5.74, 6) is 0.637. The summed E-state index contributed by atoms with van der Waals surface area (Å²) < 4.78 is 1.51. The minimum Gasteiger partial charge on any atom is -0.366 e. The molecule has 2 aromatic heterocycles. The van der Waals surface area contributed by atoms with Gasteiger partial charge in [0.05, 0.1) is 5.69 Å². The molecule has 0 unspecified atom stereocenters. The van der Waals surface area contributed by atoms with Crippen LogP contribution in [0.5, 0.6) is 0 Å². The minimum atomic E-state index is -0.247. The van der Waals surface area contributed by atoms with Crippen molar-refractivity contribution in [1.82, 2.24) is 24.5 Å². The van der Waals surface area contributed by atoms with Gasteiger partial charge < -0.3 is 10.2 Å². The Kier molecular flexibility index (Phi) is 3.80. The average Bonchev–Trinajstić information content (AvgIpc) is 2.70. The average molecular weight is 278 g/mol. The van der Waals surface area contributed by atoms with E-state index >= 15 is 0 Å². The fourth-order valence-electron chi connectivity index (χ4n) is 1.79. The van der Waals surface area contributed by atoms with E-state index in [1.165, 1.54) is 4.40 Å². The van der Waals surface area contributed by atoms with Crippen molar-refractivity contribution in [2.75, 3.05) is 32.5 Å². The SMILES string of the molecule is CN(C)CCNc1nc(C(C)(C)C)cn2c(=O)[nH]nc12. The maximum Gasteiger partial charge on any atom is 0.347 e. The maximum absolute atomic E-state index is 11.8. The van der Waals surface area contributed by atoms with Gasteiger partial charge in [0.25, 0.3) is 0 Å². The second-order valence-electron chi connectivity index (χ2n) is 6.18. The monoisotopic (exact) mass is 278 g/mol. The summed E-state index contributed by atoms with van der Waals surface area (Å²) in [4.78, 5) is 18.5. The van der Waals surface area contributed by atoms with E-state index in [-0.39, 0.29) is 11.1 Å². The number of fused-ring (bicyclic) bond motifs is 1. The van der Waals surface area contributed by atoms with E-state index in [4.69, 9.17) is 0 Å². The number of rotatable bonds is 4. The van der Waals surface area contributed by atoms with Crippen LogP contribution in [0.4, 0.5) is 5.82 Å². The first-order chi connectivity index (χ1) is 9.29. The van der Waals surface area contributed by atoms with Crippen LogP contribution in [-0.4, -0.2) is 51.7 Å². The molecule has 7 heteroatoms. The Labute approximate surface area is 118 Å². The van der Waals surface area contributed by atoms with Gasteiger partial charge >= 0.3 is 5.69 Å². The fraction of sp³-hybridized carbons (Fsp3) is 0.615. The van der Waals surface area contributed by atoms with E-state index in [0.717, 1.165) is 18.8 Å². The minimum absolute atomic E-state index is 0.136. The number of aromatic amines is 1. The van der Waals surface area contributed by atoms with Gasteiger partial charge in [-0.1, -0.05) is 20.8 Å². The van der Waals surface area contributed by atoms with Crippen LogP contribution in [0.1, 0.15) is 26.5 Å². The van der Waals surface area contributed by atoms with Crippen molar-refractivity contribution in [2.24, 2.45) is 0 Å². The zero-order chi connectivity index (χ0) is 14.9. The highest BCUT2D eigenvalue weighted by Gasteiger charge is 2.19. The number of nitrogens with zero attached hydrogens (tertiary/aromatic N) is 4. The summed E-state index contributed by atoms with van der Waals surface area (Å²) in [7, 11) is 4.02. The Bertz CT molecular complexity index is 649. The lowest BCUT2D eigenvalue weighted by Crippen LogP contribution is -2.23. The van der Waals surface area contributed by atoms with E-state index in [1.807, 2.05) is 14.1 Å². The molecule has 20 heavy (non-hydrogen) atoms. The molecule has 2 aromatic rings. The fourth-order valence-corrected chi connectivity index (χ4v) is 1.79. The molecule has 0 aliphatic heterocycles. The van der Waals surface area contributed by atoms with Crippen molar-refractivity contribution in [3.05, 3.63) is 22.4 Å². The zero-order valence-corrected chi connectivity index (χ0v) is 12.7. The molecule has 0 aliphatic carbocycles. The number of aromatic nitrogens is 4. The van der Waals surface area contributed by atoms with Gasteiger partial charge in [0.1, 0.15) is 0 Å². The Balaban J connectivity index is 2.43. The molecule has 0 amide bonds. The van der Waals surface area contributed by atoms with Gasteiger partial charge in [-0.25, -0.2) is 19.3 Å². The first-order valence-electron chi connectivity index (χ1n) is 6.66. The third-order valence-corrected chi connectivity index (χ3v) is 3.02. The lowest BCUT2D eigenvalue weighted by molar-refractivity contribution is 0.425. The summed E-state index contributed by atoms with van der Waals surface area (Å²) in [6, 6.07) is 0. The van der Waals surface area contributed by atoms with Gasteiger partial charge in [0.15, 0.2) is 5.82 Å². The van der Waals surface area contributed by atoms with Gasteiger partial charge in [0.2, 0.25) is 5.65 Å². The molecule has 0 aliphatic rings. The predicted molar refractivity (Wildman–Crippen MR) is 79.4 cm³/mol. The molecule has 2 heterocycles. The first-order valence-corrected chi connectivity index (χ1v) is 6.66. The Hall–Kier alpha value is -1.89. The highest BCUT2D eigenvalue weighted by molar-refractivity contribution is 5.62. The summed E-state index contributed by atoms with van der Waals surface area (Å²) in [5, 5.41) is 9.74. The van der Waals surface area contributed by atoms with Gasteiger partial charge in [0, 0.05) is 24.7 Å². The first kappa shape index (κ1) is 14.5. The number of nitrogens with one attached hydrogen (secondary N) is 2. The largest absolute Gasteiger partial charge is 0.366 e. The Morgan fingerprint density at radius 1 is 1.40 bits per heavy atom. The van der Waals surface area contributed by atoms with E-state index in [0.29, 0.717) is 11.5 Å². The van der Waals surface area contributed by atoms with Crippen LogP contribution in [0.3, 0.4) is 0 Å². The van der Waals surface area contributed by atoms with Crippen LogP contribution >= 0.6 is 0 Å². The second kappa shape index (κ2) is 5.24. The molecular weight excluding hydrogens is 256 g/mol. The molecular formula is C13H22N6O. The molecule has 7 nitrogen and oxygen atoms in total. The third kappa shape index (κ3) is 2.98. The van der Waals surface area contributed by atoms with Crippen molar-refractivity contribution in [3.63, 3.8) is 0 Å². The number of likely N-dealkylation sites (N-methyl/N-ethyl adjacent to an activating group) is 1. The molecule has 110 valence electrons. The summed E-state index contributed by atoms with van der Waals surface area (Å²) >= 11 is 0. The number of hydrogen-bond acceptors (Lipinski definition) is 5. The van der Waals surface area contributed by atoms with Crippen LogP contribution in [0.25, 0.3) is 5.65 Å². The van der Waals surface area contributed by atoms with Gasteiger partial charge in [-0.3, -0.25) is 0 Å². The summed E-state index contributed by atoms with van der Waals surface area (Å²) in [6.07, 6.45) is 1.75. The van der Waals surface area contributed by atoms with Gasteiger partial charge in [-0.05, 0) is 14.1 Å². The molecule has 0 aromatic carbocycles. The molecule has 2 rings (SSSR count). The van der Waals surface area contributed by atoms with Gasteiger partial charge in [-0.15, -0.1) is 5.10 Å². The van der Waals surface area contributed by atoms with Crippen molar-refractivity contribution >= 4 is 11.5 Å². The van der Waals surface area contributed by atoms with Crippen LogP contribution < -0.4 is 11.0 Å². The second-order valence-corrected chi connectivity index (χ2v) is 6.18. The number of anilines is 1. The van der Waals surface area contributed by atoms with Crippen molar-refractivity contribution < 1.29 is 0 Å². The topological polar surface area (TPSA) is 78.3 Å². The smallest absolute Gasteiger partial charge is 0.347 e. The van der Waals surface area contributed by atoms with E-state index in [1.54, 1.807) is 6.20 Å². The predicted octanol–water partition coefficient (Wildman–Crippen LogP) is 0.689. The van der Waals surface area contributed by atoms with Crippen molar-refractivity contribution in [2.45, 2.75) is 26.2 Å². The van der Waals surface area contributed by atoms with Crippen molar-refractivity contribution in [3.8, 4) is 0 Å². The van der Waals surface area contributed by atoms with E-state index in [2.05, 4.69) is 46.2 Å². The van der Waals surface area contributed by atoms with Crippen LogP contribution in [0.2, 0.25) is 0 Å². The highest BCUT2D eigenvalue weighted by atomic mass is 16.1. The van der Waals surface area contributed by atoms with Crippen LogP contribution in [0, 0.1) is 0 Å². The number of H-pyrrole nitrogens is 1. The molecule has 0 atom stereocenters. The van der Waals surface area contributed by atoms with Crippen LogP contribution in [0.15, 0.2) is 11.0 Å². The molecule has 0 radical (unpaired) electrons. The standard InChI is InChI=1S/C13H22N6O/c1-13(2,3)9-8-19-11(16-17-12(19)20)10(15-9)14-6-7-18(4)5/h8H,6-7H2,1-5H3,(H,14,15)(H,17,20). The lowest BCUT2D eigenvalue weighted by Gasteiger charge is -2.19. The summed E-state index contributed by atoms with van der Waals surface area (Å²) in [5.41, 5.74) is 0.995. The highest BCUT2D eigenvalue weighted by Crippen LogP contribution is 2.22. The van der Waals surface area contributed by atoms with Crippen molar-refractivity contribution in [1.29, 1.82) is 0 Å². The molecule has 0 saturated carbocycles. The zero-order valence-electron chi connectivity index (χ0n) is 12.7. The molecule has 0 spiro atoms. The normalized spacial score (nSPS) is 12.3. The molecule has 2 N–H and O–H groups in total. The number of hydrogen-bond donors (Lipinski definition) is 2. The third-order valence-electron chi connectivity index (χ3n) is 3.02. The molecule has 0 bridgehead atoms. The lowest BCUT2D eigenvalue weighted by atomic mass is 9.93. The molecule has 0 fully saturated rings. The quantitative estimate of drug-likeness (QED) is 0.860. The molecule has 0 saturated heterocycles. The Morgan fingerprint density at radius 2 is 2.10 bits per heavy atom. The Morgan fingerprint density at radius 3 is 2.70 bits per heavy atom. The van der Waals surface area contributed by atoms with Crippen LogP contribution in [-0.2, 0) is 5.41 Å². The maximum atomic E-state index is 11.8.